The van der Waals surface area contributed by atoms with Gasteiger partial charge < -0.3 is 15.5 Å². The highest BCUT2D eigenvalue weighted by molar-refractivity contribution is 5.85. The molecule has 2 N–H and O–H groups in total. The fourth-order valence-electron chi connectivity index (χ4n) is 4.04. The van der Waals surface area contributed by atoms with E-state index >= 15 is 0 Å². The number of nitrogens with zero attached hydrogens (tertiary/aromatic N) is 2. The molecule has 3 heterocycles. The second-order valence-corrected chi connectivity index (χ2v) is 8.26. The number of aromatic nitrogens is 1. The average molecular weight is 431 g/mol. The molecular formula is C21H36Cl2N4O. The molecule has 0 aliphatic carbocycles. The van der Waals surface area contributed by atoms with Gasteiger partial charge in [-0.25, -0.2) is 4.98 Å². The molecule has 2 aliphatic heterocycles. The van der Waals surface area contributed by atoms with Crippen molar-refractivity contribution >= 4 is 36.5 Å². The SMILES string of the molecule is CC1CCN(c2ccc(CNC(=O)CC(C)C3CCCNC3)cn2)CC1.Cl.Cl. The average Bonchev–Trinajstić information content (AvgIpc) is 2.68. The number of piperidine rings is 2. The zero-order chi connectivity index (χ0) is 18.4. The summed E-state index contributed by atoms with van der Waals surface area (Å²) < 4.78 is 0. The predicted octanol–water partition coefficient (Wildman–Crippen LogP) is 3.80. The molecule has 7 heteroatoms. The highest BCUT2D eigenvalue weighted by atomic mass is 35.5. The zero-order valence-electron chi connectivity index (χ0n) is 17.2. The van der Waals surface area contributed by atoms with E-state index < -0.39 is 0 Å². The molecule has 0 bridgehead atoms. The number of halogens is 2. The van der Waals surface area contributed by atoms with Crippen molar-refractivity contribution in [1.29, 1.82) is 0 Å². The summed E-state index contributed by atoms with van der Waals surface area (Å²) in [6, 6.07) is 4.18. The van der Waals surface area contributed by atoms with E-state index in [9.17, 15) is 4.79 Å². The molecule has 2 fully saturated rings. The Morgan fingerprint density at radius 2 is 2.04 bits per heavy atom. The molecule has 5 nitrogen and oxygen atoms in total. The van der Waals surface area contributed by atoms with Crippen LogP contribution >= 0.6 is 24.8 Å². The first kappa shape index (κ1) is 25.0. The minimum absolute atomic E-state index is 0. The Labute approximate surface area is 182 Å². The smallest absolute Gasteiger partial charge is 0.220 e. The first-order valence-corrected chi connectivity index (χ1v) is 10.3. The van der Waals surface area contributed by atoms with Crippen LogP contribution in [0.3, 0.4) is 0 Å². The molecule has 160 valence electrons. The fourth-order valence-corrected chi connectivity index (χ4v) is 4.04. The van der Waals surface area contributed by atoms with Crippen molar-refractivity contribution in [3.05, 3.63) is 23.9 Å². The fraction of sp³-hybridized carbons (Fsp3) is 0.714. The molecule has 3 rings (SSSR count). The van der Waals surface area contributed by atoms with Crippen molar-refractivity contribution in [2.24, 2.45) is 17.8 Å². The number of nitrogens with one attached hydrogen (secondary N) is 2. The summed E-state index contributed by atoms with van der Waals surface area (Å²) in [6.07, 6.45) is 7.47. The molecule has 2 saturated heterocycles. The first-order chi connectivity index (χ1) is 12.6. The van der Waals surface area contributed by atoms with Gasteiger partial charge in [-0.2, -0.15) is 0 Å². The largest absolute Gasteiger partial charge is 0.357 e. The maximum absolute atomic E-state index is 12.3. The molecule has 0 aromatic carbocycles. The van der Waals surface area contributed by atoms with Gasteiger partial charge in [0.05, 0.1) is 0 Å². The Morgan fingerprint density at radius 1 is 1.29 bits per heavy atom. The van der Waals surface area contributed by atoms with E-state index in [1.165, 1.54) is 25.7 Å². The van der Waals surface area contributed by atoms with Crippen LogP contribution in [-0.2, 0) is 11.3 Å². The lowest BCUT2D eigenvalue weighted by molar-refractivity contribution is -0.122. The second kappa shape index (κ2) is 12.5. The van der Waals surface area contributed by atoms with Gasteiger partial charge in [0.1, 0.15) is 5.82 Å². The van der Waals surface area contributed by atoms with Crippen molar-refractivity contribution in [1.82, 2.24) is 15.6 Å². The maximum Gasteiger partial charge on any atom is 0.220 e. The normalized spacial score (nSPS) is 21.2. The van der Waals surface area contributed by atoms with Crippen LogP contribution in [-0.4, -0.2) is 37.1 Å². The molecule has 28 heavy (non-hydrogen) atoms. The summed E-state index contributed by atoms with van der Waals surface area (Å²) in [5.41, 5.74) is 1.07. The topological polar surface area (TPSA) is 57.3 Å². The van der Waals surface area contributed by atoms with Gasteiger partial charge in [0.25, 0.3) is 0 Å². The third-order valence-corrected chi connectivity index (χ3v) is 6.05. The Balaban J connectivity index is 0.00000196. The van der Waals surface area contributed by atoms with Gasteiger partial charge in [0.2, 0.25) is 5.91 Å². The minimum atomic E-state index is 0. The highest BCUT2D eigenvalue weighted by Gasteiger charge is 2.22. The molecule has 1 aromatic heterocycles. The van der Waals surface area contributed by atoms with Crippen LogP contribution in [0.2, 0.25) is 0 Å². The Morgan fingerprint density at radius 3 is 2.64 bits per heavy atom. The van der Waals surface area contributed by atoms with Gasteiger partial charge in [-0.1, -0.05) is 19.9 Å². The van der Waals surface area contributed by atoms with E-state index in [1.807, 2.05) is 6.20 Å². The summed E-state index contributed by atoms with van der Waals surface area (Å²) in [6.45, 7) is 9.45. The minimum Gasteiger partial charge on any atom is -0.357 e. The molecule has 0 spiro atoms. The number of rotatable bonds is 6. The van der Waals surface area contributed by atoms with E-state index in [-0.39, 0.29) is 30.7 Å². The van der Waals surface area contributed by atoms with Gasteiger partial charge in [0.15, 0.2) is 0 Å². The molecule has 2 aliphatic rings. The van der Waals surface area contributed by atoms with Crippen LogP contribution in [0.1, 0.15) is 51.5 Å². The Bertz CT molecular complexity index is 570. The van der Waals surface area contributed by atoms with E-state index in [0.717, 1.165) is 43.5 Å². The van der Waals surface area contributed by atoms with Crippen LogP contribution in [0.4, 0.5) is 5.82 Å². The van der Waals surface area contributed by atoms with Crippen molar-refractivity contribution in [2.75, 3.05) is 31.1 Å². The lowest BCUT2D eigenvalue weighted by Crippen LogP contribution is -2.35. The Hall–Kier alpha value is -1.04. The number of carbonyl (C=O) groups excluding carboxylic acids is 1. The summed E-state index contributed by atoms with van der Waals surface area (Å²) >= 11 is 0. The van der Waals surface area contributed by atoms with Crippen molar-refractivity contribution in [2.45, 2.75) is 52.5 Å². The monoisotopic (exact) mass is 430 g/mol. The maximum atomic E-state index is 12.3. The van der Waals surface area contributed by atoms with Crippen LogP contribution in [0.15, 0.2) is 18.3 Å². The van der Waals surface area contributed by atoms with Gasteiger partial charge in [-0.05, 0) is 68.2 Å². The first-order valence-electron chi connectivity index (χ1n) is 10.3. The van der Waals surface area contributed by atoms with Crippen molar-refractivity contribution in [3.63, 3.8) is 0 Å². The number of carbonyl (C=O) groups is 1. The van der Waals surface area contributed by atoms with Gasteiger partial charge in [-0.15, -0.1) is 24.8 Å². The molecular weight excluding hydrogens is 395 g/mol. The number of amides is 1. The molecule has 0 saturated carbocycles. The van der Waals surface area contributed by atoms with E-state index in [4.69, 9.17) is 0 Å². The van der Waals surface area contributed by atoms with Crippen LogP contribution in [0.25, 0.3) is 0 Å². The van der Waals surface area contributed by atoms with Crippen molar-refractivity contribution < 1.29 is 4.79 Å². The number of anilines is 1. The lowest BCUT2D eigenvalue weighted by atomic mass is 9.85. The summed E-state index contributed by atoms with van der Waals surface area (Å²) in [5.74, 6) is 3.10. The van der Waals surface area contributed by atoms with E-state index in [2.05, 4.69) is 46.5 Å². The molecule has 0 radical (unpaired) electrons. The number of pyridine rings is 1. The van der Waals surface area contributed by atoms with E-state index in [0.29, 0.717) is 24.8 Å². The molecule has 2 unspecified atom stereocenters. The van der Waals surface area contributed by atoms with E-state index in [1.54, 1.807) is 0 Å². The van der Waals surface area contributed by atoms with Crippen LogP contribution in [0, 0.1) is 17.8 Å². The predicted molar refractivity (Wildman–Crippen MR) is 121 cm³/mol. The van der Waals surface area contributed by atoms with Gasteiger partial charge in [0, 0.05) is 32.3 Å². The van der Waals surface area contributed by atoms with Gasteiger partial charge >= 0.3 is 0 Å². The Kier molecular flexibility index (Phi) is 11.2. The van der Waals surface area contributed by atoms with Crippen LogP contribution in [0.5, 0.6) is 0 Å². The highest BCUT2D eigenvalue weighted by Crippen LogP contribution is 2.23. The lowest BCUT2D eigenvalue weighted by Gasteiger charge is -2.31. The summed E-state index contributed by atoms with van der Waals surface area (Å²) in [4.78, 5) is 19.2. The van der Waals surface area contributed by atoms with Gasteiger partial charge in [-0.3, -0.25) is 4.79 Å². The molecule has 1 amide bonds. The van der Waals surface area contributed by atoms with Crippen molar-refractivity contribution in [3.8, 4) is 0 Å². The number of hydrogen-bond donors (Lipinski definition) is 2. The third kappa shape index (κ3) is 7.41. The second-order valence-electron chi connectivity index (χ2n) is 8.26. The van der Waals surface area contributed by atoms with Crippen LogP contribution < -0.4 is 15.5 Å². The molecule has 2 atom stereocenters. The standard InChI is InChI=1S/C21H34N4O.2ClH/c1-16-7-10-25(11-8-16)20-6-5-18(13-23-20)14-24-21(26)12-17(2)19-4-3-9-22-15-19;;/h5-6,13,16-17,19,22H,3-4,7-12,14-15H2,1-2H3,(H,24,26);2*1H. The zero-order valence-corrected chi connectivity index (χ0v) is 18.8. The summed E-state index contributed by atoms with van der Waals surface area (Å²) in [5, 5.41) is 6.50. The third-order valence-electron chi connectivity index (χ3n) is 6.05. The quantitative estimate of drug-likeness (QED) is 0.720. The number of hydrogen-bond acceptors (Lipinski definition) is 4. The summed E-state index contributed by atoms with van der Waals surface area (Å²) in [7, 11) is 0. The molecule has 1 aromatic rings.